The fraction of sp³-hybridized carbons (Fsp3) is 0.688. The van der Waals surface area contributed by atoms with Crippen molar-refractivity contribution in [1.82, 2.24) is 14.3 Å². The fourth-order valence-corrected chi connectivity index (χ4v) is 3.03. The molecule has 5 atom stereocenters. The van der Waals surface area contributed by atoms with Crippen molar-refractivity contribution in [2.75, 3.05) is 13.7 Å². The van der Waals surface area contributed by atoms with E-state index in [1.807, 2.05) is 0 Å². The van der Waals surface area contributed by atoms with Crippen LogP contribution in [-0.4, -0.2) is 70.6 Å². The van der Waals surface area contributed by atoms with Crippen LogP contribution in [0.25, 0.3) is 0 Å². The minimum Gasteiger partial charge on any atom is -0.463 e. The maximum absolute atomic E-state index is 12.5. The molecule has 0 spiro atoms. The van der Waals surface area contributed by atoms with Crippen LogP contribution in [0.4, 0.5) is 0 Å². The van der Waals surface area contributed by atoms with E-state index in [0.29, 0.717) is 0 Å². The third kappa shape index (κ3) is 4.92. The van der Waals surface area contributed by atoms with Gasteiger partial charge in [-0.05, 0) is 0 Å². The lowest BCUT2D eigenvalue weighted by Crippen LogP contribution is -2.60. The van der Waals surface area contributed by atoms with Gasteiger partial charge in [0.25, 0.3) is 0 Å². The summed E-state index contributed by atoms with van der Waals surface area (Å²) in [5.74, 6) is -2.09. The summed E-state index contributed by atoms with van der Waals surface area (Å²) < 4.78 is 28.2. The van der Waals surface area contributed by atoms with Crippen molar-refractivity contribution in [3.8, 4) is 0 Å². The number of rotatable bonds is 6. The Morgan fingerprint density at radius 3 is 2.07 bits per heavy atom. The van der Waals surface area contributed by atoms with Gasteiger partial charge in [0.2, 0.25) is 0 Å². The highest BCUT2D eigenvalue weighted by Gasteiger charge is 2.52. The summed E-state index contributed by atoms with van der Waals surface area (Å²) in [7, 11) is 2.51. The van der Waals surface area contributed by atoms with Crippen LogP contribution in [0.2, 0.25) is 0 Å². The fourth-order valence-electron chi connectivity index (χ4n) is 3.03. The second-order valence-corrected chi connectivity index (χ2v) is 6.35. The van der Waals surface area contributed by atoms with Gasteiger partial charge in [-0.3, -0.25) is 14.4 Å². The Morgan fingerprint density at radius 1 is 1.03 bits per heavy atom. The van der Waals surface area contributed by atoms with Gasteiger partial charge in [0.05, 0.1) is 0 Å². The lowest BCUT2D eigenvalue weighted by Gasteiger charge is -2.44. The first-order valence-electron chi connectivity index (χ1n) is 8.60. The zero-order valence-electron chi connectivity index (χ0n) is 16.6. The first-order valence-corrected chi connectivity index (χ1v) is 8.60. The Balaban J connectivity index is 2.57. The summed E-state index contributed by atoms with van der Waals surface area (Å²) in [6, 6.07) is -1.21. The normalized spacial score (nSPS) is 26.6. The summed E-state index contributed by atoms with van der Waals surface area (Å²) in [6.07, 6.45) is -4.85. The van der Waals surface area contributed by atoms with Gasteiger partial charge in [-0.15, -0.1) is 0 Å². The number of carbonyl (C=O) groups excluding carboxylic acids is 3. The number of carbonyl (C=O) groups is 3. The van der Waals surface area contributed by atoms with Crippen LogP contribution in [-0.2, 0) is 45.1 Å². The minimum atomic E-state index is -1.30. The smallest absolute Gasteiger partial charge is 0.347 e. The number of esters is 3. The summed E-state index contributed by atoms with van der Waals surface area (Å²) in [6.45, 7) is 3.09. The van der Waals surface area contributed by atoms with Crippen molar-refractivity contribution in [3.63, 3.8) is 0 Å². The van der Waals surface area contributed by atoms with Gasteiger partial charge >= 0.3 is 29.3 Å². The molecule has 2 heterocycles. The van der Waals surface area contributed by atoms with Crippen LogP contribution in [0.5, 0.6) is 0 Å². The van der Waals surface area contributed by atoms with Crippen molar-refractivity contribution >= 4 is 17.9 Å². The molecule has 13 heteroatoms. The Labute approximate surface area is 164 Å². The van der Waals surface area contributed by atoms with Crippen LogP contribution in [0.3, 0.4) is 0 Å². The number of aromatic amines is 1. The molecular weight excluding hydrogens is 394 g/mol. The molecule has 0 amide bonds. The Hall–Kier alpha value is -2.93. The quantitative estimate of drug-likeness (QED) is 0.414. The van der Waals surface area contributed by atoms with Gasteiger partial charge < -0.3 is 23.7 Å². The van der Waals surface area contributed by atoms with Crippen molar-refractivity contribution in [2.24, 2.45) is 7.05 Å². The number of hydrogen-bond acceptors (Lipinski definition) is 10. The molecule has 0 saturated carbocycles. The molecular formula is C16H23N3O10. The van der Waals surface area contributed by atoms with Gasteiger partial charge in [0.15, 0.2) is 18.5 Å². The Kier molecular flexibility index (Phi) is 6.97. The highest BCUT2D eigenvalue weighted by atomic mass is 16.7. The van der Waals surface area contributed by atoms with E-state index in [9.17, 15) is 24.0 Å². The third-order valence-electron chi connectivity index (χ3n) is 4.21. The van der Waals surface area contributed by atoms with Crippen LogP contribution < -0.4 is 11.4 Å². The summed E-state index contributed by atoms with van der Waals surface area (Å²) in [5.41, 5.74) is -1.49. The topological polar surface area (TPSA) is 157 Å². The predicted octanol–water partition coefficient (Wildman–Crippen LogP) is -1.79. The van der Waals surface area contributed by atoms with Crippen LogP contribution in [0.1, 0.15) is 26.8 Å². The average Bonchev–Trinajstić information content (AvgIpc) is 2.87. The maximum Gasteiger partial charge on any atom is 0.347 e. The predicted molar refractivity (Wildman–Crippen MR) is 92.7 cm³/mol. The zero-order chi connectivity index (χ0) is 21.9. The van der Waals surface area contributed by atoms with E-state index < -0.39 is 59.9 Å². The number of ether oxygens (including phenoxy) is 5. The molecule has 29 heavy (non-hydrogen) atoms. The van der Waals surface area contributed by atoms with Crippen molar-refractivity contribution in [1.29, 1.82) is 0 Å². The first-order chi connectivity index (χ1) is 13.6. The lowest BCUT2D eigenvalue weighted by atomic mass is 9.96. The molecule has 1 saturated heterocycles. The van der Waals surface area contributed by atoms with Crippen LogP contribution >= 0.6 is 0 Å². The van der Waals surface area contributed by atoms with Gasteiger partial charge in [0.1, 0.15) is 18.8 Å². The standard InChI is InChI=1S/C16H23N3O10/c1-7(20)26-6-10-12(27-8(2)21)13(28-9(3)22)11(14(25-5)29-10)19-16(24)18(4)15(23)17-19/h10-14H,6H2,1-5H3,(H,17,23)/t10-,11+,12-,13-,14+/m1/s1. The molecule has 0 radical (unpaired) electrons. The molecule has 1 aromatic heterocycles. The summed E-state index contributed by atoms with van der Waals surface area (Å²) >= 11 is 0. The average molecular weight is 417 g/mol. The van der Waals surface area contributed by atoms with E-state index >= 15 is 0 Å². The monoisotopic (exact) mass is 417 g/mol. The number of nitrogens with one attached hydrogen (secondary N) is 1. The molecule has 2 rings (SSSR count). The lowest BCUT2D eigenvalue weighted by molar-refractivity contribution is -0.282. The molecule has 0 aliphatic carbocycles. The maximum atomic E-state index is 12.5. The van der Waals surface area contributed by atoms with Gasteiger partial charge in [0, 0.05) is 34.9 Å². The van der Waals surface area contributed by atoms with Gasteiger partial charge in [-0.25, -0.2) is 23.9 Å². The molecule has 1 aliphatic rings. The van der Waals surface area contributed by atoms with Gasteiger partial charge in [-0.2, -0.15) is 0 Å². The second-order valence-electron chi connectivity index (χ2n) is 6.35. The second kappa shape index (κ2) is 9.05. The van der Waals surface area contributed by atoms with Crippen LogP contribution in [0, 0.1) is 0 Å². The van der Waals surface area contributed by atoms with Crippen molar-refractivity contribution in [2.45, 2.75) is 51.4 Å². The molecule has 0 unspecified atom stereocenters. The van der Waals surface area contributed by atoms with Crippen molar-refractivity contribution < 1.29 is 38.1 Å². The van der Waals surface area contributed by atoms with E-state index in [0.717, 1.165) is 23.1 Å². The zero-order valence-corrected chi connectivity index (χ0v) is 16.6. The van der Waals surface area contributed by atoms with Crippen LogP contribution in [0.15, 0.2) is 9.59 Å². The third-order valence-corrected chi connectivity index (χ3v) is 4.21. The number of methoxy groups -OCH3 is 1. The first kappa shape index (κ1) is 22.4. The van der Waals surface area contributed by atoms with E-state index in [1.165, 1.54) is 21.1 Å². The molecule has 1 aliphatic heterocycles. The molecule has 1 N–H and O–H groups in total. The number of nitrogens with zero attached hydrogens (tertiary/aromatic N) is 2. The SMILES string of the molecule is CO[C@H]1O[C@H](COC(C)=O)[C@@H](OC(C)=O)[C@H](OC(C)=O)[C@@H]1n1[nH]c(=O)n(C)c1=O. The molecule has 0 bridgehead atoms. The highest BCUT2D eigenvalue weighted by molar-refractivity contribution is 5.67. The number of hydrogen-bond donors (Lipinski definition) is 1. The molecule has 1 aromatic rings. The highest BCUT2D eigenvalue weighted by Crippen LogP contribution is 2.33. The Morgan fingerprint density at radius 2 is 1.62 bits per heavy atom. The molecule has 162 valence electrons. The van der Waals surface area contributed by atoms with Gasteiger partial charge in [-0.1, -0.05) is 0 Å². The van der Waals surface area contributed by atoms with E-state index in [1.54, 1.807) is 0 Å². The molecule has 13 nitrogen and oxygen atoms in total. The number of H-pyrrole nitrogens is 1. The molecule has 1 fully saturated rings. The summed E-state index contributed by atoms with van der Waals surface area (Å²) in [5, 5.41) is 2.32. The van der Waals surface area contributed by atoms with E-state index in [4.69, 9.17) is 23.7 Å². The number of aromatic nitrogens is 3. The van der Waals surface area contributed by atoms with E-state index in [2.05, 4.69) is 5.10 Å². The summed E-state index contributed by atoms with van der Waals surface area (Å²) in [4.78, 5) is 59.0. The largest absolute Gasteiger partial charge is 0.463 e. The Bertz CT molecular complexity index is 884. The van der Waals surface area contributed by atoms with E-state index in [-0.39, 0.29) is 6.61 Å². The minimum absolute atomic E-state index is 0.335. The molecule has 0 aromatic carbocycles. The van der Waals surface area contributed by atoms with Crippen molar-refractivity contribution in [3.05, 3.63) is 21.0 Å².